The van der Waals surface area contributed by atoms with E-state index in [1.807, 2.05) is 32.2 Å². The van der Waals surface area contributed by atoms with Gasteiger partial charge in [-0.05, 0) is 54.9 Å². The van der Waals surface area contributed by atoms with Crippen molar-refractivity contribution in [1.29, 1.82) is 0 Å². The van der Waals surface area contributed by atoms with Gasteiger partial charge in [0.15, 0.2) is 0 Å². The summed E-state index contributed by atoms with van der Waals surface area (Å²) in [5, 5.41) is 12.7. The molecule has 0 aliphatic carbocycles. The maximum absolute atomic E-state index is 13.2. The van der Waals surface area contributed by atoms with Crippen molar-refractivity contribution in [2.75, 3.05) is 13.6 Å². The monoisotopic (exact) mass is 259 g/mol. The molecule has 3 rings (SSSR count). The van der Waals surface area contributed by atoms with Gasteiger partial charge in [0.2, 0.25) is 0 Å². The number of benzene rings is 2. The Balaban J connectivity index is 2.09. The summed E-state index contributed by atoms with van der Waals surface area (Å²) in [6.07, 6.45) is 0.734. The van der Waals surface area contributed by atoms with Crippen LogP contribution in [0, 0.1) is 5.82 Å². The lowest BCUT2D eigenvalue weighted by molar-refractivity contribution is 0.0110. The summed E-state index contributed by atoms with van der Waals surface area (Å²) >= 11 is 0. The first-order valence-corrected chi connectivity index (χ1v) is 6.63. The molecule has 1 fully saturated rings. The van der Waals surface area contributed by atoms with E-state index in [0.29, 0.717) is 0 Å². The Morgan fingerprint density at radius 2 is 1.89 bits per heavy atom. The third-order valence-corrected chi connectivity index (χ3v) is 4.50. The second-order valence-corrected chi connectivity index (χ2v) is 5.54. The van der Waals surface area contributed by atoms with Crippen LogP contribution in [0.5, 0.6) is 0 Å². The summed E-state index contributed by atoms with van der Waals surface area (Å²) < 4.78 is 13.2. The van der Waals surface area contributed by atoms with Crippen molar-refractivity contribution in [2.45, 2.75) is 25.0 Å². The van der Waals surface area contributed by atoms with E-state index in [1.54, 1.807) is 6.07 Å². The molecule has 1 N–H and O–H groups in total. The fourth-order valence-electron chi connectivity index (χ4n) is 2.99. The fraction of sp³-hybridized carbons (Fsp3) is 0.375. The van der Waals surface area contributed by atoms with Crippen LogP contribution in [0.2, 0.25) is 0 Å². The van der Waals surface area contributed by atoms with Crippen LogP contribution in [0.1, 0.15) is 18.9 Å². The van der Waals surface area contributed by atoms with Gasteiger partial charge in [-0.15, -0.1) is 0 Å². The van der Waals surface area contributed by atoms with E-state index in [1.165, 1.54) is 12.1 Å². The molecule has 0 saturated carbocycles. The molecule has 1 saturated heterocycles. The molecular weight excluding hydrogens is 241 g/mol. The van der Waals surface area contributed by atoms with E-state index in [2.05, 4.69) is 4.90 Å². The van der Waals surface area contributed by atoms with E-state index in [4.69, 9.17) is 0 Å². The minimum absolute atomic E-state index is 0.0883. The summed E-state index contributed by atoms with van der Waals surface area (Å²) in [7, 11) is 2.03. The van der Waals surface area contributed by atoms with Crippen molar-refractivity contribution >= 4 is 10.8 Å². The third kappa shape index (κ3) is 1.94. The van der Waals surface area contributed by atoms with Crippen molar-refractivity contribution in [2.24, 2.45) is 0 Å². The molecule has 0 bridgehead atoms. The van der Waals surface area contributed by atoms with Crippen molar-refractivity contribution in [3.8, 4) is 0 Å². The maximum Gasteiger partial charge on any atom is 0.123 e. The molecule has 1 aliphatic rings. The van der Waals surface area contributed by atoms with Crippen LogP contribution in [0.15, 0.2) is 36.4 Å². The lowest BCUT2D eigenvalue weighted by atomic mass is 9.86. The minimum Gasteiger partial charge on any atom is -0.383 e. The molecule has 2 aromatic rings. The Kier molecular flexibility index (Phi) is 2.84. The van der Waals surface area contributed by atoms with Gasteiger partial charge in [0.1, 0.15) is 11.4 Å². The Hall–Kier alpha value is -1.45. The lowest BCUT2D eigenvalue weighted by Gasteiger charge is -2.30. The van der Waals surface area contributed by atoms with Crippen molar-refractivity contribution in [3.05, 3.63) is 47.8 Å². The summed E-state index contributed by atoms with van der Waals surface area (Å²) in [5.74, 6) is -0.229. The summed E-state index contributed by atoms with van der Waals surface area (Å²) in [5.41, 5.74) is 0.112. The van der Waals surface area contributed by atoms with Gasteiger partial charge < -0.3 is 10.0 Å². The number of rotatable bonds is 1. The van der Waals surface area contributed by atoms with E-state index in [9.17, 15) is 9.50 Å². The maximum atomic E-state index is 13.2. The summed E-state index contributed by atoms with van der Waals surface area (Å²) in [6, 6.07) is 10.6. The molecular formula is C16H18FNO. The summed E-state index contributed by atoms with van der Waals surface area (Å²) in [6.45, 7) is 2.93. The molecule has 2 unspecified atom stereocenters. The molecule has 19 heavy (non-hydrogen) atoms. The van der Waals surface area contributed by atoms with Crippen LogP contribution in [0.4, 0.5) is 4.39 Å². The molecule has 2 atom stereocenters. The molecule has 2 aromatic carbocycles. The molecule has 0 amide bonds. The van der Waals surface area contributed by atoms with E-state index in [-0.39, 0.29) is 11.9 Å². The number of hydrogen-bond donors (Lipinski definition) is 1. The smallest absolute Gasteiger partial charge is 0.123 e. The van der Waals surface area contributed by atoms with Crippen LogP contribution in [0.25, 0.3) is 10.8 Å². The van der Waals surface area contributed by atoms with Gasteiger partial charge in [-0.1, -0.05) is 18.2 Å². The third-order valence-electron chi connectivity index (χ3n) is 4.50. The highest BCUT2D eigenvalue weighted by Gasteiger charge is 2.43. The molecule has 0 aromatic heterocycles. The standard InChI is InChI=1S/C16H18FNO/c1-11-16(19,7-8-18(11)2)14-5-3-13-10-15(17)6-4-12(13)9-14/h3-6,9-11,19H,7-8H2,1-2H3. The Labute approximate surface area is 112 Å². The average molecular weight is 259 g/mol. The first-order valence-electron chi connectivity index (χ1n) is 6.63. The van der Waals surface area contributed by atoms with Gasteiger partial charge in [-0.2, -0.15) is 0 Å². The SMILES string of the molecule is CC1N(C)CCC1(O)c1ccc2cc(F)ccc2c1. The lowest BCUT2D eigenvalue weighted by Crippen LogP contribution is -2.38. The van der Waals surface area contributed by atoms with Crippen molar-refractivity contribution in [3.63, 3.8) is 0 Å². The van der Waals surface area contributed by atoms with Gasteiger partial charge in [0.05, 0.1) is 0 Å². The van der Waals surface area contributed by atoms with Crippen LogP contribution < -0.4 is 0 Å². The van der Waals surface area contributed by atoms with Crippen molar-refractivity contribution < 1.29 is 9.50 Å². The second-order valence-electron chi connectivity index (χ2n) is 5.54. The molecule has 1 heterocycles. The number of nitrogens with zero attached hydrogens (tertiary/aromatic N) is 1. The second kappa shape index (κ2) is 4.29. The predicted octanol–water partition coefficient (Wildman–Crippen LogP) is 2.89. The molecule has 1 aliphatic heterocycles. The highest BCUT2D eigenvalue weighted by Crippen LogP contribution is 2.37. The number of halogens is 1. The van der Waals surface area contributed by atoms with Crippen LogP contribution in [-0.2, 0) is 5.60 Å². The van der Waals surface area contributed by atoms with Crippen LogP contribution in [0.3, 0.4) is 0 Å². The molecule has 0 radical (unpaired) electrons. The average Bonchev–Trinajstić information content (AvgIpc) is 2.67. The molecule has 0 spiro atoms. The summed E-state index contributed by atoms with van der Waals surface area (Å²) in [4.78, 5) is 2.16. The first-order chi connectivity index (χ1) is 9.00. The van der Waals surface area contributed by atoms with Crippen LogP contribution >= 0.6 is 0 Å². The normalized spacial score (nSPS) is 28.1. The van der Waals surface area contributed by atoms with Gasteiger partial charge in [-0.3, -0.25) is 0 Å². The number of likely N-dealkylation sites (N-methyl/N-ethyl adjacent to an activating group) is 1. The van der Waals surface area contributed by atoms with Gasteiger partial charge in [0, 0.05) is 12.6 Å². The Morgan fingerprint density at radius 3 is 2.58 bits per heavy atom. The van der Waals surface area contributed by atoms with E-state index < -0.39 is 5.60 Å². The highest BCUT2D eigenvalue weighted by molar-refractivity contribution is 5.83. The number of hydrogen-bond acceptors (Lipinski definition) is 2. The fourth-order valence-corrected chi connectivity index (χ4v) is 2.99. The van der Waals surface area contributed by atoms with Gasteiger partial charge in [-0.25, -0.2) is 4.39 Å². The highest BCUT2D eigenvalue weighted by atomic mass is 19.1. The van der Waals surface area contributed by atoms with E-state index in [0.717, 1.165) is 29.3 Å². The Morgan fingerprint density at radius 1 is 1.21 bits per heavy atom. The largest absolute Gasteiger partial charge is 0.383 e. The van der Waals surface area contributed by atoms with Crippen LogP contribution in [-0.4, -0.2) is 29.6 Å². The topological polar surface area (TPSA) is 23.5 Å². The number of likely N-dealkylation sites (tertiary alicyclic amines) is 1. The first kappa shape index (κ1) is 12.6. The zero-order valence-electron chi connectivity index (χ0n) is 11.2. The molecule has 2 nitrogen and oxygen atoms in total. The number of aliphatic hydroxyl groups is 1. The minimum atomic E-state index is -0.808. The van der Waals surface area contributed by atoms with Gasteiger partial charge in [0.25, 0.3) is 0 Å². The van der Waals surface area contributed by atoms with Gasteiger partial charge >= 0.3 is 0 Å². The predicted molar refractivity (Wildman–Crippen MR) is 74.5 cm³/mol. The zero-order valence-corrected chi connectivity index (χ0v) is 11.2. The van der Waals surface area contributed by atoms with E-state index >= 15 is 0 Å². The Bertz CT molecular complexity index is 627. The number of fused-ring (bicyclic) bond motifs is 1. The molecule has 100 valence electrons. The zero-order chi connectivity index (χ0) is 13.6. The molecule has 3 heteroatoms. The quantitative estimate of drug-likeness (QED) is 0.851. The van der Waals surface area contributed by atoms with Crippen molar-refractivity contribution in [1.82, 2.24) is 4.90 Å².